The molecule has 2 rings (SSSR count). The second kappa shape index (κ2) is 4.48. The van der Waals surface area contributed by atoms with Crippen molar-refractivity contribution in [3.05, 3.63) is 54.1 Å². The van der Waals surface area contributed by atoms with Gasteiger partial charge < -0.3 is 4.98 Å². The minimum absolute atomic E-state index is 0.283. The summed E-state index contributed by atoms with van der Waals surface area (Å²) in [4.78, 5) is 14.2. The van der Waals surface area contributed by atoms with Gasteiger partial charge in [-0.3, -0.25) is 15.6 Å². The number of aromatic amines is 1. The van der Waals surface area contributed by atoms with Gasteiger partial charge in [-0.1, -0.05) is 0 Å². The van der Waals surface area contributed by atoms with Crippen molar-refractivity contribution in [2.75, 3.05) is 5.43 Å². The van der Waals surface area contributed by atoms with Gasteiger partial charge in [0.2, 0.25) is 0 Å². The first-order chi connectivity index (χ1) is 7.75. The largest absolute Gasteiger partial charge is 0.357 e. The molecule has 0 aliphatic rings. The molecule has 4 nitrogen and oxygen atoms in total. The quantitative estimate of drug-likeness (QED) is 0.690. The van der Waals surface area contributed by atoms with E-state index in [1.807, 2.05) is 0 Å². The Bertz CT molecular complexity index is 464. The average molecular weight is 219 g/mol. The molecule has 0 saturated heterocycles. The number of hydrogen-bond donors (Lipinski definition) is 3. The number of nitrogens with one attached hydrogen (secondary N) is 3. The number of aromatic nitrogens is 1. The van der Waals surface area contributed by atoms with Crippen molar-refractivity contribution in [3.8, 4) is 0 Å². The smallest absolute Gasteiger partial charge is 0.286 e. The Balaban J connectivity index is 1.93. The molecule has 16 heavy (non-hydrogen) atoms. The fourth-order valence-electron chi connectivity index (χ4n) is 1.20. The third-order valence-corrected chi connectivity index (χ3v) is 2.01. The molecule has 0 unspecified atom stereocenters. The summed E-state index contributed by atoms with van der Waals surface area (Å²) in [6.07, 6.45) is 1.66. The Morgan fingerprint density at radius 2 is 1.94 bits per heavy atom. The van der Waals surface area contributed by atoms with E-state index in [-0.39, 0.29) is 11.7 Å². The highest BCUT2D eigenvalue weighted by Crippen LogP contribution is 2.06. The van der Waals surface area contributed by atoms with Crippen molar-refractivity contribution in [1.82, 2.24) is 10.4 Å². The molecule has 0 aliphatic carbocycles. The van der Waals surface area contributed by atoms with Crippen molar-refractivity contribution in [3.63, 3.8) is 0 Å². The van der Waals surface area contributed by atoms with Crippen molar-refractivity contribution < 1.29 is 9.18 Å². The van der Waals surface area contributed by atoms with Crippen LogP contribution in [0.25, 0.3) is 0 Å². The fraction of sp³-hybridized carbons (Fsp3) is 0. The number of carbonyl (C=O) groups excluding carboxylic acids is 1. The van der Waals surface area contributed by atoms with Gasteiger partial charge in [0.15, 0.2) is 0 Å². The van der Waals surface area contributed by atoms with Crippen LogP contribution in [0.5, 0.6) is 0 Å². The maximum atomic E-state index is 12.6. The molecule has 82 valence electrons. The molecule has 2 aromatic rings. The second-order valence-corrected chi connectivity index (χ2v) is 3.17. The van der Waals surface area contributed by atoms with Crippen molar-refractivity contribution in [2.45, 2.75) is 0 Å². The summed E-state index contributed by atoms with van der Waals surface area (Å²) in [6.45, 7) is 0. The Morgan fingerprint density at radius 1 is 1.19 bits per heavy atom. The van der Waals surface area contributed by atoms with Gasteiger partial charge in [-0.25, -0.2) is 4.39 Å². The Morgan fingerprint density at radius 3 is 2.56 bits per heavy atom. The van der Waals surface area contributed by atoms with Crippen LogP contribution in [0.4, 0.5) is 10.1 Å². The molecule has 0 aliphatic heterocycles. The van der Waals surface area contributed by atoms with E-state index in [0.29, 0.717) is 11.4 Å². The minimum atomic E-state index is -0.318. The Kier molecular flexibility index (Phi) is 2.86. The van der Waals surface area contributed by atoms with E-state index in [4.69, 9.17) is 0 Å². The highest BCUT2D eigenvalue weighted by Gasteiger charge is 2.04. The van der Waals surface area contributed by atoms with Crippen LogP contribution in [0.15, 0.2) is 42.6 Å². The SMILES string of the molecule is O=C(NNc1ccc(F)cc1)c1ccc[nH]1. The van der Waals surface area contributed by atoms with Crippen LogP contribution in [0.2, 0.25) is 0 Å². The Labute approximate surface area is 91.5 Å². The van der Waals surface area contributed by atoms with Gasteiger partial charge in [-0.2, -0.15) is 0 Å². The molecule has 0 fully saturated rings. The van der Waals surface area contributed by atoms with Gasteiger partial charge in [-0.05, 0) is 36.4 Å². The summed E-state index contributed by atoms with van der Waals surface area (Å²) in [5.41, 5.74) is 6.22. The average Bonchev–Trinajstić information content (AvgIpc) is 2.81. The van der Waals surface area contributed by atoms with E-state index in [1.165, 1.54) is 24.3 Å². The first-order valence-corrected chi connectivity index (χ1v) is 4.71. The van der Waals surface area contributed by atoms with E-state index in [9.17, 15) is 9.18 Å². The number of halogens is 1. The van der Waals surface area contributed by atoms with Crippen LogP contribution in [-0.2, 0) is 0 Å². The lowest BCUT2D eigenvalue weighted by molar-refractivity contribution is 0.0958. The van der Waals surface area contributed by atoms with Gasteiger partial charge >= 0.3 is 0 Å². The first-order valence-electron chi connectivity index (χ1n) is 4.71. The highest BCUT2D eigenvalue weighted by atomic mass is 19.1. The molecule has 5 heteroatoms. The van der Waals surface area contributed by atoms with Crippen LogP contribution in [0.3, 0.4) is 0 Å². The number of H-pyrrole nitrogens is 1. The summed E-state index contributed by atoms with van der Waals surface area (Å²) in [6, 6.07) is 9.06. The molecule has 1 aromatic heterocycles. The van der Waals surface area contributed by atoms with Gasteiger partial charge in [0.25, 0.3) is 5.91 Å². The first kappa shape index (κ1) is 10.2. The number of rotatable bonds is 3. The van der Waals surface area contributed by atoms with E-state index in [1.54, 1.807) is 18.3 Å². The number of hydrazine groups is 1. The fourth-order valence-corrected chi connectivity index (χ4v) is 1.20. The Hall–Kier alpha value is -2.30. The van der Waals surface area contributed by atoms with Gasteiger partial charge in [-0.15, -0.1) is 0 Å². The van der Waals surface area contributed by atoms with E-state index in [0.717, 1.165) is 0 Å². The molecule has 1 amide bonds. The van der Waals surface area contributed by atoms with Crippen LogP contribution < -0.4 is 10.9 Å². The number of anilines is 1. The number of benzene rings is 1. The molecule has 0 spiro atoms. The zero-order chi connectivity index (χ0) is 11.4. The number of hydrogen-bond acceptors (Lipinski definition) is 2. The van der Waals surface area contributed by atoms with Gasteiger partial charge in [0.05, 0.1) is 5.69 Å². The predicted molar refractivity (Wildman–Crippen MR) is 58.3 cm³/mol. The van der Waals surface area contributed by atoms with E-state index < -0.39 is 0 Å². The van der Waals surface area contributed by atoms with Gasteiger partial charge in [0, 0.05) is 6.20 Å². The van der Waals surface area contributed by atoms with Crippen LogP contribution in [0.1, 0.15) is 10.5 Å². The lowest BCUT2D eigenvalue weighted by Gasteiger charge is -2.06. The monoisotopic (exact) mass is 219 g/mol. The number of amides is 1. The summed E-state index contributed by atoms with van der Waals surface area (Å²) >= 11 is 0. The van der Waals surface area contributed by atoms with Crippen LogP contribution >= 0.6 is 0 Å². The predicted octanol–water partition coefficient (Wildman–Crippen LogP) is 1.91. The van der Waals surface area contributed by atoms with E-state index in [2.05, 4.69) is 15.8 Å². The molecule has 0 saturated carbocycles. The van der Waals surface area contributed by atoms with Crippen LogP contribution in [0, 0.1) is 5.82 Å². The summed E-state index contributed by atoms with van der Waals surface area (Å²) < 4.78 is 12.6. The molecule has 1 aromatic carbocycles. The number of carbonyl (C=O) groups is 1. The maximum Gasteiger partial charge on any atom is 0.286 e. The lowest BCUT2D eigenvalue weighted by Crippen LogP contribution is -2.29. The molecule has 1 heterocycles. The summed E-state index contributed by atoms with van der Waals surface area (Å²) in [7, 11) is 0. The lowest BCUT2D eigenvalue weighted by atomic mass is 10.3. The van der Waals surface area contributed by atoms with Crippen molar-refractivity contribution >= 4 is 11.6 Å². The molecule has 0 atom stereocenters. The topological polar surface area (TPSA) is 56.9 Å². The molecular weight excluding hydrogens is 209 g/mol. The molecule has 3 N–H and O–H groups in total. The zero-order valence-electron chi connectivity index (χ0n) is 8.33. The third-order valence-electron chi connectivity index (χ3n) is 2.01. The van der Waals surface area contributed by atoms with Crippen molar-refractivity contribution in [1.29, 1.82) is 0 Å². The summed E-state index contributed by atoms with van der Waals surface area (Å²) in [5, 5.41) is 0. The van der Waals surface area contributed by atoms with Crippen LogP contribution in [-0.4, -0.2) is 10.9 Å². The molecule has 0 radical (unpaired) electrons. The van der Waals surface area contributed by atoms with E-state index >= 15 is 0 Å². The highest BCUT2D eigenvalue weighted by molar-refractivity contribution is 5.93. The van der Waals surface area contributed by atoms with Gasteiger partial charge in [0.1, 0.15) is 11.5 Å². The zero-order valence-corrected chi connectivity index (χ0v) is 8.33. The minimum Gasteiger partial charge on any atom is -0.357 e. The summed E-state index contributed by atoms with van der Waals surface area (Å²) in [5.74, 6) is -0.601. The van der Waals surface area contributed by atoms with Crippen molar-refractivity contribution in [2.24, 2.45) is 0 Å². The maximum absolute atomic E-state index is 12.6. The normalized spacial score (nSPS) is 9.81. The standard InChI is InChI=1S/C11H10FN3O/c12-8-3-5-9(6-4-8)14-15-11(16)10-2-1-7-13-10/h1-7,13-14H,(H,15,16). The third kappa shape index (κ3) is 2.38. The second-order valence-electron chi connectivity index (χ2n) is 3.17. The molecule has 0 bridgehead atoms. The molecular formula is C11H10FN3O.